The van der Waals surface area contributed by atoms with Crippen LogP contribution in [0, 0.1) is 5.92 Å². The summed E-state index contributed by atoms with van der Waals surface area (Å²) in [4.78, 5) is 10.8. The summed E-state index contributed by atoms with van der Waals surface area (Å²) in [5.74, 6) is -0.207. The van der Waals surface area contributed by atoms with Crippen molar-refractivity contribution in [3.05, 3.63) is 46.5 Å². The molecule has 0 aliphatic carbocycles. The predicted molar refractivity (Wildman–Crippen MR) is 93.7 cm³/mol. The van der Waals surface area contributed by atoms with Gasteiger partial charge in [-0.1, -0.05) is 29.8 Å². The molecule has 0 amide bonds. The Labute approximate surface area is 147 Å². The van der Waals surface area contributed by atoms with Crippen LogP contribution in [0.4, 0.5) is 0 Å². The lowest BCUT2D eigenvalue weighted by molar-refractivity contribution is -0.978. The fourth-order valence-electron chi connectivity index (χ4n) is 4.13. The van der Waals surface area contributed by atoms with Crippen molar-refractivity contribution in [3.63, 3.8) is 0 Å². The van der Waals surface area contributed by atoms with E-state index in [1.165, 1.54) is 11.1 Å². The molecule has 0 radical (unpaired) electrons. The number of carboxylic acids is 1. The third kappa shape index (κ3) is 3.82. The molecule has 3 heterocycles. The van der Waals surface area contributed by atoms with Gasteiger partial charge < -0.3 is 10.2 Å². The van der Waals surface area contributed by atoms with Gasteiger partial charge in [-0.3, -0.25) is 9.28 Å². The number of rotatable bonds is 6. The van der Waals surface area contributed by atoms with Gasteiger partial charge in [-0.25, -0.2) is 0 Å². The molecule has 5 heteroatoms. The minimum Gasteiger partial charge on any atom is -0.481 e. The number of benzene rings is 1. The molecule has 0 aromatic heterocycles. The third-order valence-electron chi connectivity index (χ3n) is 5.63. The van der Waals surface area contributed by atoms with E-state index in [2.05, 4.69) is 6.08 Å². The number of fused-ring (bicyclic) bond motifs is 3. The summed E-state index contributed by atoms with van der Waals surface area (Å²) < 4.78 is 0.649. The highest BCUT2D eigenvalue weighted by Gasteiger charge is 2.46. The SMILES string of the molecule is O=C(O)CCC(O)[N+]12CCC(CC1)C(=CCc1ccc(Cl)cc1)C2. The number of nitrogens with zero attached hydrogens (tertiary/aromatic N) is 1. The van der Waals surface area contributed by atoms with Crippen LogP contribution in [-0.2, 0) is 11.2 Å². The van der Waals surface area contributed by atoms with Gasteiger partial charge in [0.25, 0.3) is 0 Å². The molecule has 4 rings (SSSR count). The van der Waals surface area contributed by atoms with Gasteiger partial charge in [0.2, 0.25) is 0 Å². The molecule has 4 nitrogen and oxygen atoms in total. The van der Waals surface area contributed by atoms with Crippen LogP contribution in [0.2, 0.25) is 5.02 Å². The van der Waals surface area contributed by atoms with Crippen molar-refractivity contribution in [2.75, 3.05) is 19.6 Å². The largest absolute Gasteiger partial charge is 0.481 e. The average Bonchev–Trinajstić information content (AvgIpc) is 2.60. The quantitative estimate of drug-likeness (QED) is 0.611. The van der Waals surface area contributed by atoms with E-state index >= 15 is 0 Å². The van der Waals surface area contributed by atoms with E-state index in [1.807, 2.05) is 24.3 Å². The molecule has 1 atom stereocenters. The first-order valence-corrected chi connectivity index (χ1v) is 9.05. The molecular weight excluding hydrogens is 326 g/mol. The van der Waals surface area contributed by atoms with Crippen molar-refractivity contribution in [3.8, 4) is 0 Å². The Bertz CT molecular complexity index is 618. The summed E-state index contributed by atoms with van der Waals surface area (Å²) in [6, 6.07) is 7.92. The van der Waals surface area contributed by atoms with Crippen molar-refractivity contribution in [2.24, 2.45) is 5.92 Å². The second-order valence-electron chi connectivity index (χ2n) is 7.12. The maximum Gasteiger partial charge on any atom is 0.303 e. The summed E-state index contributed by atoms with van der Waals surface area (Å²) in [6.07, 6.45) is 5.19. The van der Waals surface area contributed by atoms with Gasteiger partial charge in [0.05, 0.1) is 19.5 Å². The highest BCUT2D eigenvalue weighted by molar-refractivity contribution is 6.30. The number of aliphatic hydroxyl groups excluding tert-OH is 1. The second-order valence-corrected chi connectivity index (χ2v) is 7.56. The van der Waals surface area contributed by atoms with E-state index in [1.54, 1.807) is 0 Å². The number of aliphatic carboxylic acids is 1. The van der Waals surface area contributed by atoms with E-state index < -0.39 is 12.2 Å². The topological polar surface area (TPSA) is 57.5 Å². The molecule has 1 aromatic carbocycles. The number of carboxylic acid groups (broad SMARTS) is 1. The number of aliphatic hydroxyl groups is 1. The van der Waals surface area contributed by atoms with Crippen molar-refractivity contribution in [1.29, 1.82) is 0 Å². The first-order chi connectivity index (χ1) is 11.5. The Balaban J connectivity index is 1.68. The van der Waals surface area contributed by atoms with Crippen molar-refractivity contribution in [2.45, 2.75) is 38.3 Å². The zero-order valence-corrected chi connectivity index (χ0v) is 14.6. The Kier molecular flexibility index (Phi) is 5.28. The van der Waals surface area contributed by atoms with Gasteiger partial charge in [0, 0.05) is 24.3 Å². The Morgan fingerprint density at radius 2 is 1.96 bits per heavy atom. The molecular formula is C19H25ClNO3+. The smallest absolute Gasteiger partial charge is 0.303 e. The van der Waals surface area contributed by atoms with Crippen molar-refractivity contribution < 1.29 is 19.5 Å². The fraction of sp³-hybridized carbons (Fsp3) is 0.526. The number of carbonyl (C=O) groups is 1. The lowest BCUT2D eigenvalue weighted by atomic mass is 9.80. The maximum atomic E-state index is 10.8. The zero-order valence-electron chi connectivity index (χ0n) is 13.8. The molecule has 24 heavy (non-hydrogen) atoms. The monoisotopic (exact) mass is 350 g/mol. The molecule has 3 fully saturated rings. The first kappa shape index (κ1) is 17.5. The van der Waals surface area contributed by atoms with E-state index in [9.17, 15) is 9.90 Å². The second kappa shape index (κ2) is 7.26. The van der Waals surface area contributed by atoms with Crippen molar-refractivity contribution >= 4 is 17.6 Å². The fourth-order valence-corrected chi connectivity index (χ4v) is 4.26. The lowest BCUT2D eigenvalue weighted by Gasteiger charge is -2.52. The molecule has 1 unspecified atom stereocenters. The number of piperidine rings is 3. The maximum absolute atomic E-state index is 10.8. The van der Waals surface area contributed by atoms with E-state index in [4.69, 9.17) is 16.7 Å². The molecule has 1 aromatic rings. The molecule has 3 aliphatic heterocycles. The van der Waals surface area contributed by atoms with Gasteiger partial charge in [-0.05, 0) is 35.6 Å². The van der Waals surface area contributed by atoms with Gasteiger partial charge in [-0.15, -0.1) is 0 Å². The highest BCUT2D eigenvalue weighted by atomic mass is 35.5. The molecule has 0 spiro atoms. The number of hydrogen-bond acceptors (Lipinski definition) is 2. The van der Waals surface area contributed by atoms with E-state index in [0.717, 1.165) is 43.9 Å². The van der Waals surface area contributed by atoms with Crippen molar-refractivity contribution in [1.82, 2.24) is 0 Å². The normalized spacial score (nSPS) is 28.9. The lowest BCUT2D eigenvalue weighted by Crippen LogP contribution is -2.64. The Morgan fingerprint density at radius 3 is 2.58 bits per heavy atom. The Morgan fingerprint density at radius 1 is 1.29 bits per heavy atom. The molecule has 2 N–H and O–H groups in total. The number of halogens is 1. The van der Waals surface area contributed by atoms with Crippen LogP contribution < -0.4 is 0 Å². The third-order valence-corrected chi connectivity index (χ3v) is 5.88. The number of allylic oxidation sites excluding steroid dienone is 1. The summed E-state index contributed by atoms with van der Waals surface area (Å²) in [7, 11) is 0. The summed E-state index contributed by atoms with van der Waals surface area (Å²) >= 11 is 5.93. The van der Waals surface area contributed by atoms with Gasteiger partial charge in [0.1, 0.15) is 6.54 Å². The van der Waals surface area contributed by atoms with Crippen LogP contribution >= 0.6 is 11.6 Å². The molecule has 3 saturated heterocycles. The van der Waals surface area contributed by atoms with Gasteiger partial charge >= 0.3 is 5.97 Å². The van der Waals surface area contributed by atoms with E-state index in [0.29, 0.717) is 16.8 Å². The van der Waals surface area contributed by atoms with Gasteiger partial charge in [-0.2, -0.15) is 0 Å². The zero-order chi connectivity index (χ0) is 17.2. The standard InChI is InChI=1S/C19H24ClNO3/c20-17-5-2-14(3-6-17)1-4-16-13-21(11-9-15(16)10-12-21)18(22)7-8-19(23)24/h2-6,15,18,22H,1,7-13H2/p+1. The van der Waals surface area contributed by atoms with Gasteiger partial charge in [0.15, 0.2) is 6.23 Å². The summed E-state index contributed by atoms with van der Waals surface area (Å²) in [5.41, 5.74) is 2.66. The Hall–Kier alpha value is -1.36. The summed E-state index contributed by atoms with van der Waals surface area (Å²) in [6.45, 7) is 2.78. The molecule has 130 valence electrons. The van der Waals surface area contributed by atoms with Crippen LogP contribution in [0.5, 0.6) is 0 Å². The van der Waals surface area contributed by atoms with E-state index in [-0.39, 0.29) is 6.42 Å². The minimum atomic E-state index is -0.836. The average molecular weight is 351 g/mol. The molecule has 2 bridgehead atoms. The molecule has 0 saturated carbocycles. The summed E-state index contributed by atoms with van der Waals surface area (Å²) in [5, 5.41) is 20.2. The highest BCUT2D eigenvalue weighted by Crippen LogP contribution is 2.39. The van der Waals surface area contributed by atoms with Crippen LogP contribution in [0.3, 0.4) is 0 Å². The predicted octanol–water partition coefficient (Wildman–Crippen LogP) is 3.23. The van der Waals surface area contributed by atoms with Crippen LogP contribution in [0.1, 0.15) is 31.2 Å². The van der Waals surface area contributed by atoms with Crippen LogP contribution in [0.25, 0.3) is 0 Å². The van der Waals surface area contributed by atoms with Crippen LogP contribution in [0.15, 0.2) is 35.9 Å². The molecule has 3 aliphatic rings. The minimum absolute atomic E-state index is 0.0361. The first-order valence-electron chi connectivity index (χ1n) is 8.67. The number of quaternary nitrogens is 1. The number of hydrogen-bond donors (Lipinski definition) is 2. The van der Waals surface area contributed by atoms with Crippen LogP contribution in [-0.4, -0.2) is 46.5 Å².